The maximum Gasteiger partial charge on any atom is 0.306 e. The van der Waals surface area contributed by atoms with Crippen molar-refractivity contribution in [3.05, 3.63) is 24.3 Å². The minimum atomic E-state index is -4.60. The number of carbonyl (C=O) groups is 2. The van der Waals surface area contributed by atoms with Crippen molar-refractivity contribution in [2.24, 2.45) is 0 Å². The molecule has 6 atom stereocenters. The molecule has 1 fully saturated rings. The first-order valence-electron chi connectivity index (χ1n) is 21.4. The molecule has 1 aliphatic heterocycles. The van der Waals surface area contributed by atoms with Crippen LogP contribution in [0.15, 0.2) is 24.3 Å². The highest BCUT2D eigenvalue weighted by Gasteiger charge is 2.46. The van der Waals surface area contributed by atoms with Crippen LogP contribution >= 0.6 is 0 Å². The van der Waals surface area contributed by atoms with Crippen molar-refractivity contribution in [3.63, 3.8) is 0 Å². The molecule has 1 saturated heterocycles. The number of rotatable bonds is 35. The molecule has 0 aromatic rings. The largest absolute Gasteiger partial charge is 0.462 e. The van der Waals surface area contributed by atoms with Gasteiger partial charge in [-0.2, -0.15) is 8.42 Å². The van der Waals surface area contributed by atoms with Gasteiger partial charge in [0.15, 0.2) is 12.4 Å². The van der Waals surface area contributed by atoms with Crippen molar-refractivity contribution in [1.82, 2.24) is 0 Å². The molecule has 1 aliphatic rings. The third kappa shape index (κ3) is 28.2. The molecule has 1 heterocycles. The molecule has 0 radical (unpaired) electrons. The van der Waals surface area contributed by atoms with Crippen molar-refractivity contribution >= 4 is 22.1 Å². The van der Waals surface area contributed by atoms with Crippen LogP contribution < -0.4 is 0 Å². The zero-order chi connectivity index (χ0) is 40.6. The quantitative estimate of drug-likeness (QED) is 0.0209. The lowest BCUT2D eigenvalue weighted by atomic mass is 10.00. The molecule has 4 N–H and O–H groups in total. The third-order valence-electron chi connectivity index (χ3n) is 9.75. The van der Waals surface area contributed by atoms with Gasteiger partial charge in [0.2, 0.25) is 0 Å². The van der Waals surface area contributed by atoms with Gasteiger partial charge in [0.05, 0.1) is 6.61 Å². The van der Waals surface area contributed by atoms with E-state index >= 15 is 0 Å². The Morgan fingerprint density at radius 3 is 1.58 bits per heavy atom. The summed E-state index contributed by atoms with van der Waals surface area (Å²) in [6.45, 7) is 3.70. The van der Waals surface area contributed by atoms with Crippen molar-refractivity contribution in [1.29, 1.82) is 0 Å². The van der Waals surface area contributed by atoms with E-state index in [-0.39, 0.29) is 19.4 Å². The molecular formula is C42H76O12S. The summed E-state index contributed by atoms with van der Waals surface area (Å²) >= 11 is 0. The van der Waals surface area contributed by atoms with E-state index in [0.717, 1.165) is 57.8 Å². The predicted molar refractivity (Wildman–Crippen MR) is 215 cm³/mol. The Kier molecular flexibility index (Phi) is 30.8. The summed E-state index contributed by atoms with van der Waals surface area (Å²) in [4.78, 5) is 25.3. The zero-order valence-corrected chi connectivity index (χ0v) is 34.9. The molecule has 0 aliphatic carbocycles. The molecule has 0 spiro atoms. The van der Waals surface area contributed by atoms with Gasteiger partial charge in [-0.05, 0) is 64.2 Å². The highest BCUT2D eigenvalue weighted by atomic mass is 32.2. The Morgan fingerprint density at radius 1 is 0.600 bits per heavy atom. The minimum Gasteiger partial charge on any atom is -0.462 e. The van der Waals surface area contributed by atoms with Gasteiger partial charge in [0.1, 0.15) is 36.8 Å². The molecule has 0 bridgehead atoms. The summed E-state index contributed by atoms with van der Waals surface area (Å²) < 4.78 is 53.9. The van der Waals surface area contributed by atoms with Crippen molar-refractivity contribution in [2.75, 3.05) is 19.0 Å². The lowest BCUT2D eigenvalue weighted by Gasteiger charge is -2.40. The summed E-state index contributed by atoms with van der Waals surface area (Å²) in [6.07, 6.45) is 25.2. The number of carbonyl (C=O) groups excluding carboxylic acids is 2. The molecular weight excluding hydrogens is 729 g/mol. The maximum absolute atomic E-state index is 12.8. The van der Waals surface area contributed by atoms with Crippen LogP contribution in [0, 0.1) is 0 Å². The number of aliphatic hydroxyl groups excluding tert-OH is 3. The van der Waals surface area contributed by atoms with Crippen LogP contribution in [-0.2, 0) is 38.7 Å². The van der Waals surface area contributed by atoms with Gasteiger partial charge in [-0.1, -0.05) is 122 Å². The molecule has 1 rings (SSSR count). The second-order valence-corrected chi connectivity index (χ2v) is 16.5. The SMILES string of the molecule is CCCCC/C=C/CCCCCCCC(=O)OC[C@H](CO[C@H]1O[C@H](CS(=O)(=O)O)[C@@H](O)C(O)C1O)OC(=O)CCCC/C=C/CCCCCCCCCCC. The number of ether oxygens (including phenoxy) is 4. The Hall–Kier alpha value is -1.87. The van der Waals surface area contributed by atoms with Crippen LogP contribution in [0.25, 0.3) is 0 Å². The molecule has 12 nitrogen and oxygen atoms in total. The van der Waals surface area contributed by atoms with Gasteiger partial charge < -0.3 is 34.3 Å². The van der Waals surface area contributed by atoms with Crippen LogP contribution in [0.4, 0.5) is 0 Å². The summed E-state index contributed by atoms with van der Waals surface area (Å²) in [5, 5.41) is 30.8. The average molecular weight is 805 g/mol. The first-order chi connectivity index (χ1) is 26.5. The van der Waals surface area contributed by atoms with E-state index < -0.39 is 71.2 Å². The van der Waals surface area contributed by atoms with Gasteiger partial charge in [-0.3, -0.25) is 14.1 Å². The number of hydrogen-bond donors (Lipinski definition) is 4. The van der Waals surface area contributed by atoms with Gasteiger partial charge >= 0.3 is 11.9 Å². The summed E-state index contributed by atoms with van der Waals surface area (Å²) in [5.41, 5.74) is 0. The number of unbranched alkanes of at least 4 members (excludes halogenated alkanes) is 19. The third-order valence-corrected chi connectivity index (χ3v) is 10.5. The number of allylic oxidation sites excluding steroid dienone is 4. The second kappa shape index (κ2) is 33.1. The summed E-state index contributed by atoms with van der Waals surface area (Å²) in [5.74, 6) is -2.02. The lowest BCUT2D eigenvalue weighted by Crippen LogP contribution is -2.60. The van der Waals surface area contributed by atoms with Gasteiger partial charge in [-0.15, -0.1) is 0 Å². The van der Waals surface area contributed by atoms with Crippen molar-refractivity contribution in [3.8, 4) is 0 Å². The van der Waals surface area contributed by atoms with Crippen LogP contribution in [0.2, 0.25) is 0 Å². The molecule has 0 aromatic carbocycles. The molecule has 2 unspecified atom stereocenters. The van der Waals surface area contributed by atoms with E-state index in [9.17, 15) is 37.9 Å². The van der Waals surface area contributed by atoms with Crippen LogP contribution in [-0.4, -0.2) is 96.0 Å². The Balaban J connectivity index is 2.50. The van der Waals surface area contributed by atoms with Crippen LogP contribution in [0.5, 0.6) is 0 Å². The van der Waals surface area contributed by atoms with Gasteiger partial charge in [0, 0.05) is 12.8 Å². The number of esters is 2. The van der Waals surface area contributed by atoms with Crippen LogP contribution in [0.1, 0.15) is 174 Å². The minimum absolute atomic E-state index is 0.134. The van der Waals surface area contributed by atoms with Crippen molar-refractivity contribution < 1.29 is 56.8 Å². The first-order valence-corrected chi connectivity index (χ1v) is 23.0. The monoisotopic (exact) mass is 805 g/mol. The lowest BCUT2D eigenvalue weighted by molar-refractivity contribution is -0.297. The molecule has 0 amide bonds. The number of aliphatic hydroxyl groups is 3. The van der Waals surface area contributed by atoms with E-state index in [1.807, 2.05) is 0 Å². The second-order valence-electron chi connectivity index (χ2n) is 15.0. The van der Waals surface area contributed by atoms with E-state index in [1.54, 1.807) is 0 Å². The standard InChI is InChI=1S/C42H76O12S/c1-3-5-7-9-11-13-15-17-18-19-21-23-25-27-29-31-38(44)53-35(33-52-42-41(47)40(46)39(45)36(54-42)34-55(48,49)50)32-51-37(43)30-28-26-24-22-20-16-14-12-10-8-6-4-2/h12,14,21,23,35-36,39-42,45-47H,3-11,13,15-20,22,24-34H2,1-2H3,(H,48,49,50)/b14-12+,23-21+/t35-,36-,39-,40?,41?,42+/m1/s1. The Bertz CT molecular complexity index is 1130. The normalized spacial score (nSPS) is 21.0. The summed E-state index contributed by atoms with van der Waals surface area (Å²) in [6, 6.07) is 0. The first kappa shape index (κ1) is 51.1. The highest BCUT2D eigenvalue weighted by molar-refractivity contribution is 7.85. The van der Waals surface area contributed by atoms with Gasteiger partial charge in [0.25, 0.3) is 10.1 Å². The highest BCUT2D eigenvalue weighted by Crippen LogP contribution is 2.24. The van der Waals surface area contributed by atoms with Gasteiger partial charge in [-0.25, -0.2) is 0 Å². The fraction of sp³-hybridized carbons (Fsp3) is 0.857. The van der Waals surface area contributed by atoms with E-state index in [2.05, 4.69) is 38.2 Å². The topological polar surface area (TPSA) is 186 Å². The Labute approximate surface area is 332 Å². The zero-order valence-electron chi connectivity index (χ0n) is 34.0. The molecule has 0 saturated carbocycles. The van der Waals surface area contributed by atoms with E-state index in [1.165, 1.54) is 77.0 Å². The van der Waals surface area contributed by atoms with Crippen molar-refractivity contribution in [2.45, 2.75) is 211 Å². The smallest absolute Gasteiger partial charge is 0.306 e. The predicted octanol–water partition coefficient (Wildman–Crippen LogP) is 8.06. The molecule has 55 heavy (non-hydrogen) atoms. The molecule has 0 aromatic heterocycles. The fourth-order valence-corrected chi connectivity index (χ4v) is 7.06. The summed E-state index contributed by atoms with van der Waals surface area (Å²) in [7, 11) is -4.60. The van der Waals surface area contributed by atoms with E-state index in [0.29, 0.717) is 12.8 Å². The Morgan fingerprint density at radius 2 is 1.04 bits per heavy atom. The number of hydrogen-bond acceptors (Lipinski definition) is 11. The average Bonchev–Trinajstić information content (AvgIpc) is 3.14. The maximum atomic E-state index is 12.8. The van der Waals surface area contributed by atoms with E-state index in [4.69, 9.17) is 18.9 Å². The fourth-order valence-electron chi connectivity index (χ4n) is 6.37. The molecule has 13 heteroatoms. The molecule has 322 valence electrons. The van der Waals surface area contributed by atoms with Crippen LogP contribution in [0.3, 0.4) is 0 Å².